The number of unbranched alkanes of at least 4 members (excludes halogenated alkanes) is 1. The molecule has 0 aliphatic carbocycles. The van der Waals surface area contributed by atoms with Crippen LogP contribution in [-0.2, 0) is 9.53 Å². The first-order valence-corrected chi connectivity index (χ1v) is 6.23. The Bertz CT molecular complexity index is 497. The van der Waals surface area contributed by atoms with Gasteiger partial charge in [0.15, 0.2) is 5.78 Å². The van der Waals surface area contributed by atoms with Crippen molar-refractivity contribution in [2.45, 2.75) is 26.2 Å². The number of terminal acetylenes is 1. The number of hydrogen-bond donors (Lipinski definition) is 0. The summed E-state index contributed by atoms with van der Waals surface area (Å²) in [5, 5.41) is 0. The van der Waals surface area contributed by atoms with Crippen LogP contribution in [0.5, 0.6) is 0 Å². The lowest BCUT2D eigenvalue weighted by atomic mass is 9.90. The standard InChI is InChI=1S/C16H18O3/c1-4-5-6-11-14(16(18)19-3)15(17)13-10-8-7-9-12(13)2/h1,7-10,14H,5-6,11H2,2-3H3. The Kier molecular flexibility index (Phi) is 5.81. The van der Waals surface area contributed by atoms with E-state index in [1.807, 2.05) is 19.1 Å². The smallest absolute Gasteiger partial charge is 0.316 e. The molecule has 1 unspecified atom stereocenters. The van der Waals surface area contributed by atoms with Crippen LogP contribution in [0.4, 0.5) is 0 Å². The van der Waals surface area contributed by atoms with Crippen molar-refractivity contribution in [2.24, 2.45) is 5.92 Å². The monoisotopic (exact) mass is 258 g/mol. The number of esters is 1. The van der Waals surface area contributed by atoms with Gasteiger partial charge in [-0.3, -0.25) is 9.59 Å². The van der Waals surface area contributed by atoms with E-state index in [4.69, 9.17) is 11.2 Å². The van der Waals surface area contributed by atoms with Crippen molar-refractivity contribution < 1.29 is 14.3 Å². The zero-order valence-corrected chi connectivity index (χ0v) is 11.3. The van der Waals surface area contributed by atoms with Crippen molar-refractivity contribution in [1.29, 1.82) is 0 Å². The fraction of sp³-hybridized carbons (Fsp3) is 0.375. The van der Waals surface area contributed by atoms with Crippen LogP contribution in [-0.4, -0.2) is 18.9 Å². The molecular weight excluding hydrogens is 240 g/mol. The number of ether oxygens (including phenoxy) is 1. The number of hydrogen-bond acceptors (Lipinski definition) is 3. The number of carbonyl (C=O) groups excluding carboxylic acids is 2. The molecule has 1 rings (SSSR count). The van der Waals surface area contributed by atoms with Gasteiger partial charge in [0.25, 0.3) is 0 Å². The number of Topliss-reactive ketones (excluding diaryl/α,β-unsaturated/α-hetero) is 1. The molecule has 0 aromatic heterocycles. The SMILES string of the molecule is C#CCCCC(C(=O)OC)C(=O)c1ccccc1C. The summed E-state index contributed by atoms with van der Waals surface area (Å²) in [6.07, 6.45) is 6.79. The van der Waals surface area contributed by atoms with Crippen LogP contribution in [0.3, 0.4) is 0 Å². The molecule has 0 saturated carbocycles. The van der Waals surface area contributed by atoms with Crippen LogP contribution in [0.25, 0.3) is 0 Å². The molecule has 1 atom stereocenters. The fourth-order valence-corrected chi connectivity index (χ4v) is 1.94. The second-order valence-corrected chi connectivity index (χ2v) is 4.35. The molecule has 100 valence electrons. The highest BCUT2D eigenvalue weighted by atomic mass is 16.5. The second-order valence-electron chi connectivity index (χ2n) is 4.35. The van der Waals surface area contributed by atoms with E-state index in [2.05, 4.69) is 5.92 Å². The Hall–Kier alpha value is -2.08. The Morgan fingerprint density at radius 2 is 2.05 bits per heavy atom. The minimum atomic E-state index is -0.764. The lowest BCUT2D eigenvalue weighted by Gasteiger charge is -2.14. The van der Waals surface area contributed by atoms with Gasteiger partial charge in [-0.05, 0) is 25.3 Å². The minimum Gasteiger partial charge on any atom is -0.468 e. The van der Waals surface area contributed by atoms with Gasteiger partial charge in [-0.15, -0.1) is 12.3 Å². The maximum Gasteiger partial charge on any atom is 0.316 e. The van der Waals surface area contributed by atoms with Gasteiger partial charge in [0, 0.05) is 12.0 Å². The molecule has 0 fully saturated rings. The molecule has 0 spiro atoms. The van der Waals surface area contributed by atoms with E-state index in [9.17, 15) is 9.59 Å². The molecular formula is C16H18O3. The van der Waals surface area contributed by atoms with Crippen molar-refractivity contribution in [1.82, 2.24) is 0 Å². The Labute approximate surface area is 114 Å². The van der Waals surface area contributed by atoms with Crippen molar-refractivity contribution >= 4 is 11.8 Å². The van der Waals surface area contributed by atoms with E-state index < -0.39 is 11.9 Å². The Balaban J connectivity index is 2.92. The topological polar surface area (TPSA) is 43.4 Å². The summed E-state index contributed by atoms with van der Waals surface area (Å²) in [6.45, 7) is 1.85. The number of methoxy groups -OCH3 is 1. The molecule has 1 aromatic carbocycles. The number of aryl methyl sites for hydroxylation is 1. The van der Waals surface area contributed by atoms with Crippen LogP contribution in [0.15, 0.2) is 24.3 Å². The zero-order chi connectivity index (χ0) is 14.3. The normalized spacial score (nSPS) is 11.4. The van der Waals surface area contributed by atoms with E-state index in [1.54, 1.807) is 12.1 Å². The van der Waals surface area contributed by atoms with Gasteiger partial charge in [0.1, 0.15) is 5.92 Å². The number of ketones is 1. The first-order valence-electron chi connectivity index (χ1n) is 6.23. The third-order valence-corrected chi connectivity index (χ3v) is 3.03. The van der Waals surface area contributed by atoms with Gasteiger partial charge < -0.3 is 4.74 Å². The van der Waals surface area contributed by atoms with Gasteiger partial charge >= 0.3 is 5.97 Å². The van der Waals surface area contributed by atoms with Crippen molar-refractivity contribution in [3.8, 4) is 12.3 Å². The molecule has 3 nitrogen and oxygen atoms in total. The van der Waals surface area contributed by atoms with E-state index in [1.165, 1.54) is 7.11 Å². The van der Waals surface area contributed by atoms with Crippen molar-refractivity contribution in [3.63, 3.8) is 0 Å². The third-order valence-electron chi connectivity index (χ3n) is 3.03. The molecule has 0 saturated heterocycles. The highest BCUT2D eigenvalue weighted by molar-refractivity contribution is 6.09. The number of rotatable bonds is 6. The average molecular weight is 258 g/mol. The van der Waals surface area contributed by atoms with Gasteiger partial charge in [-0.25, -0.2) is 0 Å². The molecule has 0 aliphatic heterocycles. The largest absolute Gasteiger partial charge is 0.468 e. The third kappa shape index (κ3) is 3.96. The van der Waals surface area contributed by atoms with Gasteiger partial charge in [0.2, 0.25) is 0 Å². The first kappa shape index (κ1) is 15.0. The van der Waals surface area contributed by atoms with E-state index >= 15 is 0 Å². The molecule has 0 aliphatic rings. The quantitative estimate of drug-likeness (QED) is 0.259. The second kappa shape index (κ2) is 7.38. The highest BCUT2D eigenvalue weighted by Gasteiger charge is 2.28. The van der Waals surface area contributed by atoms with Crippen LogP contribution < -0.4 is 0 Å². The average Bonchev–Trinajstić information content (AvgIpc) is 2.43. The predicted molar refractivity (Wildman–Crippen MR) is 73.7 cm³/mol. The summed E-state index contributed by atoms with van der Waals surface area (Å²) < 4.78 is 4.71. The van der Waals surface area contributed by atoms with Gasteiger partial charge in [-0.1, -0.05) is 24.3 Å². The summed E-state index contributed by atoms with van der Waals surface area (Å²) in [5.41, 5.74) is 1.43. The minimum absolute atomic E-state index is 0.193. The van der Waals surface area contributed by atoms with E-state index in [-0.39, 0.29) is 5.78 Å². The van der Waals surface area contributed by atoms with Crippen LogP contribution >= 0.6 is 0 Å². The zero-order valence-electron chi connectivity index (χ0n) is 11.3. The summed E-state index contributed by atoms with van der Waals surface area (Å²) in [6, 6.07) is 7.23. The van der Waals surface area contributed by atoms with Crippen molar-refractivity contribution in [2.75, 3.05) is 7.11 Å². The highest BCUT2D eigenvalue weighted by Crippen LogP contribution is 2.19. The predicted octanol–water partition coefficient (Wildman–Crippen LogP) is 2.77. The van der Waals surface area contributed by atoms with Crippen LogP contribution in [0, 0.1) is 25.2 Å². The first-order chi connectivity index (χ1) is 9.11. The van der Waals surface area contributed by atoms with Gasteiger partial charge in [-0.2, -0.15) is 0 Å². The summed E-state index contributed by atoms with van der Waals surface area (Å²) in [4.78, 5) is 24.1. The molecule has 0 heterocycles. The molecule has 0 N–H and O–H groups in total. The summed E-state index contributed by atoms with van der Waals surface area (Å²) in [5.74, 6) is 1.05. The molecule has 0 bridgehead atoms. The Morgan fingerprint density at radius 3 is 2.63 bits per heavy atom. The molecule has 1 aromatic rings. The molecule has 0 amide bonds. The van der Waals surface area contributed by atoms with Crippen LogP contribution in [0.2, 0.25) is 0 Å². The maximum atomic E-state index is 12.4. The van der Waals surface area contributed by atoms with Crippen LogP contribution in [0.1, 0.15) is 35.2 Å². The lowest BCUT2D eigenvalue weighted by molar-refractivity contribution is -0.143. The number of benzene rings is 1. The fourth-order valence-electron chi connectivity index (χ4n) is 1.94. The molecule has 3 heteroatoms. The Morgan fingerprint density at radius 1 is 1.37 bits per heavy atom. The summed E-state index contributed by atoms with van der Waals surface area (Å²) in [7, 11) is 1.29. The summed E-state index contributed by atoms with van der Waals surface area (Å²) >= 11 is 0. The van der Waals surface area contributed by atoms with Gasteiger partial charge in [0.05, 0.1) is 7.11 Å². The molecule has 19 heavy (non-hydrogen) atoms. The lowest BCUT2D eigenvalue weighted by Crippen LogP contribution is -2.26. The number of carbonyl (C=O) groups is 2. The van der Waals surface area contributed by atoms with E-state index in [0.29, 0.717) is 24.8 Å². The maximum absolute atomic E-state index is 12.4. The molecule has 0 radical (unpaired) electrons. The van der Waals surface area contributed by atoms with Crippen molar-refractivity contribution in [3.05, 3.63) is 35.4 Å². The van der Waals surface area contributed by atoms with E-state index in [0.717, 1.165) is 5.56 Å².